The van der Waals surface area contributed by atoms with Crippen LogP contribution in [0.2, 0.25) is 0 Å². The van der Waals surface area contributed by atoms with Crippen LogP contribution in [0.15, 0.2) is 66.9 Å². The Bertz CT molecular complexity index is 2510. The highest BCUT2D eigenvalue weighted by molar-refractivity contribution is 6.23. The highest BCUT2D eigenvalue weighted by Gasteiger charge is 2.45. The van der Waals surface area contributed by atoms with Gasteiger partial charge in [0.05, 0.1) is 27.9 Å². The minimum absolute atomic E-state index is 0.0135. The summed E-state index contributed by atoms with van der Waals surface area (Å²) < 4.78 is 15.7. The first-order chi connectivity index (χ1) is 30.0. The lowest BCUT2D eigenvalue weighted by Crippen LogP contribution is -2.59. The van der Waals surface area contributed by atoms with Crippen LogP contribution in [0.25, 0.3) is 10.9 Å². The predicted molar refractivity (Wildman–Crippen MR) is 232 cm³/mol. The smallest absolute Gasteiger partial charge is 0.322 e. The summed E-state index contributed by atoms with van der Waals surface area (Å²) in [5.74, 6) is -1.94. The number of halogens is 1. The molecule has 320 valence electrons. The molecule has 16 heteroatoms. The zero-order chi connectivity index (χ0) is 43.2. The molecule has 0 bridgehead atoms. The van der Waals surface area contributed by atoms with Crippen LogP contribution in [0.3, 0.4) is 0 Å². The number of nitrogens with zero attached hydrogens (tertiary/aromatic N) is 8. The van der Waals surface area contributed by atoms with E-state index in [9.17, 15) is 29.2 Å². The summed E-state index contributed by atoms with van der Waals surface area (Å²) in [7, 11) is 0. The Hall–Kier alpha value is -6.60. The SMILES string of the molecule is C[C@@H]1CN(c2ccc(C#N)c3ncccc23)[C@@H](C)CN1C(=O)Nc1ccc(N2CCC(CN3CCN(c4ccc5c(c4)C(=O)N([C@@H]4CCC(=O)NC4=O)C5=O)CC3)CC2)c(F)c1. The Kier molecular flexibility index (Phi) is 11.0. The fraction of sp³-hybridized carbons (Fsp3) is 0.413. The number of imide groups is 2. The highest BCUT2D eigenvalue weighted by Crippen LogP contribution is 2.34. The molecule has 2 N–H and O–H groups in total. The quantitative estimate of drug-likeness (QED) is 0.245. The highest BCUT2D eigenvalue weighted by atomic mass is 19.1. The predicted octanol–water partition coefficient (Wildman–Crippen LogP) is 4.82. The molecule has 0 saturated carbocycles. The molecule has 15 nitrogen and oxygen atoms in total. The van der Waals surface area contributed by atoms with Gasteiger partial charge in [-0.2, -0.15) is 5.26 Å². The lowest BCUT2D eigenvalue weighted by atomic mass is 9.95. The van der Waals surface area contributed by atoms with Crippen molar-refractivity contribution in [2.45, 2.75) is 57.7 Å². The maximum atomic E-state index is 15.7. The number of urea groups is 1. The molecule has 0 unspecified atom stereocenters. The zero-order valence-electron chi connectivity index (χ0n) is 34.8. The van der Waals surface area contributed by atoms with E-state index in [2.05, 4.69) is 48.2 Å². The van der Waals surface area contributed by atoms with Crippen LogP contribution in [0.4, 0.5) is 31.9 Å². The Balaban J connectivity index is 0.742. The Morgan fingerprint density at radius 3 is 2.35 bits per heavy atom. The van der Waals surface area contributed by atoms with E-state index in [4.69, 9.17) is 0 Å². The van der Waals surface area contributed by atoms with E-state index >= 15 is 4.39 Å². The van der Waals surface area contributed by atoms with E-state index in [0.717, 1.165) is 80.3 Å². The second kappa shape index (κ2) is 16.7. The first-order valence-electron chi connectivity index (χ1n) is 21.5. The molecule has 9 rings (SSSR count). The fourth-order valence-electron chi connectivity index (χ4n) is 9.85. The number of piperazine rings is 2. The monoisotopic (exact) mass is 840 g/mol. The van der Waals surface area contributed by atoms with Gasteiger partial charge in [-0.05, 0) is 99.7 Å². The summed E-state index contributed by atoms with van der Waals surface area (Å²) in [4.78, 5) is 80.4. The Morgan fingerprint density at radius 1 is 0.855 bits per heavy atom. The molecule has 4 aromatic rings. The van der Waals surface area contributed by atoms with Crippen LogP contribution in [0, 0.1) is 23.1 Å². The Labute approximate surface area is 359 Å². The lowest BCUT2D eigenvalue weighted by molar-refractivity contribution is -0.136. The van der Waals surface area contributed by atoms with Crippen molar-refractivity contribution in [2.75, 3.05) is 78.9 Å². The number of pyridine rings is 1. The number of anilines is 4. The van der Waals surface area contributed by atoms with Gasteiger partial charge < -0.3 is 24.9 Å². The third-order valence-corrected chi connectivity index (χ3v) is 13.3. The average Bonchev–Trinajstić information content (AvgIpc) is 3.52. The van der Waals surface area contributed by atoms with Crippen LogP contribution < -0.4 is 25.3 Å². The van der Waals surface area contributed by atoms with Gasteiger partial charge in [-0.25, -0.2) is 9.18 Å². The van der Waals surface area contributed by atoms with E-state index in [1.54, 1.807) is 41.4 Å². The standard InChI is InChI=1S/C46H49FN10O5/c1-28-26-56(29(2)25-55(28)38-9-5-31(24-48)42-35(38)4-3-15-49-42)46(62)50-32-6-10-39(37(47)22-32)54-16-13-30(14-17-54)27-52-18-20-53(21-19-52)33-7-8-34-36(23-33)45(61)57(44(34)60)40-11-12-41(58)51-43(40)59/h3-10,15,22-23,28-30,40H,11-14,16-21,25-27H2,1-2H3,(H,50,62)(H,51,58,59)/t28-,29+,40+/m0/s1. The van der Waals surface area contributed by atoms with E-state index in [0.29, 0.717) is 41.5 Å². The number of rotatable bonds is 7. The molecule has 5 aliphatic heterocycles. The van der Waals surface area contributed by atoms with E-state index in [1.165, 1.54) is 6.07 Å². The summed E-state index contributed by atoms with van der Waals surface area (Å²) in [6.45, 7) is 10.7. The number of carbonyl (C=O) groups excluding carboxylic acids is 5. The second-order valence-electron chi connectivity index (χ2n) is 17.1. The normalized spacial score (nSPS) is 22.5. The minimum atomic E-state index is -0.991. The largest absolute Gasteiger partial charge is 0.369 e. The number of hydrogen-bond donors (Lipinski definition) is 2. The van der Waals surface area contributed by atoms with Gasteiger partial charge >= 0.3 is 6.03 Å². The van der Waals surface area contributed by atoms with Gasteiger partial charge in [0.15, 0.2) is 0 Å². The zero-order valence-corrected chi connectivity index (χ0v) is 34.8. The van der Waals surface area contributed by atoms with E-state index in [1.807, 2.05) is 31.2 Å². The topological polar surface area (TPSA) is 166 Å². The summed E-state index contributed by atoms with van der Waals surface area (Å²) in [5.41, 5.74) is 4.51. The van der Waals surface area contributed by atoms with Crippen molar-refractivity contribution < 1.29 is 28.4 Å². The summed E-state index contributed by atoms with van der Waals surface area (Å²) in [5, 5.41) is 15.7. The van der Waals surface area contributed by atoms with Crippen molar-refractivity contribution in [3.63, 3.8) is 0 Å². The molecule has 62 heavy (non-hydrogen) atoms. The molecule has 4 saturated heterocycles. The number of nitrogens with one attached hydrogen (secondary N) is 2. The molecule has 6 amide bonds. The maximum absolute atomic E-state index is 15.7. The number of amides is 6. The fourth-order valence-corrected chi connectivity index (χ4v) is 9.85. The molecular weight excluding hydrogens is 792 g/mol. The van der Waals surface area contributed by atoms with Gasteiger partial charge in [0, 0.05) is 106 Å². The van der Waals surface area contributed by atoms with Crippen molar-refractivity contribution in [3.8, 4) is 6.07 Å². The number of carbonyl (C=O) groups is 5. The van der Waals surface area contributed by atoms with Crippen molar-refractivity contribution in [1.29, 1.82) is 5.26 Å². The van der Waals surface area contributed by atoms with Crippen molar-refractivity contribution >= 4 is 63.3 Å². The van der Waals surface area contributed by atoms with Gasteiger partial charge in [-0.1, -0.05) is 0 Å². The molecule has 0 aliphatic carbocycles. The van der Waals surface area contributed by atoms with E-state index in [-0.39, 0.29) is 47.9 Å². The molecule has 1 aromatic heterocycles. The molecule has 3 atom stereocenters. The van der Waals surface area contributed by atoms with Crippen LogP contribution in [-0.4, -0.2) is 126 Å². The number of benzene rings is 3. The van der Waals surface area contributed by atoms with Crippen LogP contribution in [0.5, 0.6) is 0 Å². The first-order valence-corrected chi connectivity index (χ1v) is 21.5. The lowest BCUT2D eigenvalue weighted by Gasteiger charge is -2.45. The Morgan fingerprint density at radius 2 is 1.61 bits per heavy atom. The molecular formula is C46H49FN10O5. The van der Waals surface area contributed by atoms with Gasteiger partial charge in [-0.15, -0.1) is 0 Å². The van der Waals surface area contributed by atoms with E-state index < -0.39 is 29.7 Å². The van der Waals surface area contributed by atoms with Gasteiger partial charge in [0.25, 0.3) is 11.8 Å². The first kappa shape index (κ1) is 40.8. The number of fused-ring (bicyclic) bond motifs is 2. The molecule has 6 heterocycles. The number of aromatic nitrogens is 1. The minimum Gasteiger partial charge on any atom is -0.369 e. The molecule has 3 aromatic carbocycles. The number of nitriles is 1. The third-order valence-electron chi connectivity index (χ3n) is 13.3. The van der Waals surface area contributed by atoms with Crippen LogP contribution in [0.1, 0.15) is 65.8 Å². The summed E-state index contributed by atoms with van der Waals surface area (Å²) in [6.07, 6.45) is 3.74. The van der Waals surface area contributed by atoms with Gasteiger partial charge in [0.1, 0.15) is 17.9 Å². The van der Waals surface area contributed by atoms with Crippen LogP contribution >= 0.6 is 0 Å². The summed E-state index contributed by atoms with van der Waals surface area (Å²) >= 11 is 0. The van der Waals surface area contributed by atoms with Crippen molar-refractivity contribution in [1.82, 2.24) is 25.0 Å². The molecule has 5 aliphatic rings. The number of piperidine rings is 2. The van der Waals surface area contributed by atoms with Gasteiger partial charge in [-0.3, -0.25) is 39.3 Å². The number of hydrogen-bond acceptors (Lipinski definition) is 11. The maximum Gasteiger partial charge on any atom is 0.322 e. The third kappa shape index (κ3) is 7.65. The van der Waals surface area contributed by atoms with Crippen molar-refractivity contribution in [3.05, 3.63) is 89.4 Å². The molecule has 4 fully saturated rings. The second-order valence-corrected chi connectivity index (χ2v) is 17.1. The summed E-state index contributed by atoms with van der Waals surface area (Å²) in [6, 6.07) is 18.6. The molecule has 0 radical (unpaired) electrons. The van der Waals surface area contributed by atoms with Crippen molar-refractivity contribution in [2.24, 2.45) is 5.92 Å². The average molecular weight is 841 g/mol. The van der Waals surface area contributed by atoms with Crippen LogP contribution in [-0.2, 0) is 9.59 Å². The van der Waals surface area contributed by atoms with Gasteiger partial charge in [0.2, 0.25) is 11.8 Å². The molecule has 0 spiro atoms.